The lowest BCUT2D eigenvalue weighted by Gasteiger charge is -2.13. The van der Waals surface area contributed by atoms with E-state index in [2.05, 4.69) is 348 Å². The number of nitrogens with zero attached hydrogens (tertiary/aromatic N) is 7. The van der Waals surface area contributed by atoms with Crippen molar-refractivity contribution in [2.75, 3.05) is 0 Å². The van der Waals surface area contributed by atoms with Crippen LogP contribution in [0, 0.1) is 0 Å². The standard InChI is InChI=1S/C52H36N2.C49H33N5/c1-3-12-37(13-4-1)46-30-47(38-14-5-2-6-15-38)32-48(31-46)40-24-22-39(23-25-40)41-16-9-17-42(28-41)43-18-10-19-44(29-43)49-33-50(45-20-11-26-53-36-45)35-51(34-49)52-21-7-8-27-54-52;1-3-9-34(10-4-1)44-31-45(35-11-5-2-6-12-35)33-46(32-44)37-19-17-36(18-20-37)40-13-7-14-41(29-40)42-15-8-16-43(30-42)49-53-47(38-21-25-50-26-22-38)52-48(54-49)39-23-27-51-28-24-39/h1-36H;1-33H. The van der Waals surface area contributed by atoms with Crippen LogP contribution in [0.15, 0.2) is 419 Å². The van der Waals surface area contributed by atoms with Gasteiger partial charge in [-0.3, -0.25) is 19.9 Å². The lowest BCUT2D eigenvalue weighted by Crippen LogP contribution is -2.00. The Balaban J connectivity index is 0.000000158. The van der Waals surface area contributed by atoms with E-state index in [1.807, 2.05) is 67.1 Å². The minimum absolute atomic E-state index is 0.591. The first kappa shape index (κ1) is 66.7. The zero-order chi connectivity index (χ0) is 72.2. The summed E-state index contributed by atoms with van der Waals surface area (Å²) in [6, 6.07) is 133. The van der Waals surface area contributed by atoms with Crippen molar-refractivity contribution in [3.63, 3.8) is 0 Å². The fraction of sp³-hybridized carbons (Fsp3) is 0. The lowest BCUT2D eigenvalue weighted by atomic mass is 9.92. The second-order valence-corrected chi connectivity index (χ2v) is 26.6. The predicted octanol–water partition coefficient (Wildman–Crippen LogP) is 25.8. The number of pyridine rings is 4. The first-order chi connectivity index (χ1) is 53.5. The van der Waals surface area contributed by atoms with Crippen molar-refractivity contribution in [3.8, 4) is 179 Å². The van der Waals surface area contributed by atoms with Gasteiger partial charge in [0, 0.05) is 71.2 Å². The molecule has 18 aromatic rings. The summed E-state index contributed by atoms with van der Waals surface area (Å²) in [6.45, 7) is 0. The van der Waals surface area contributed by atoms with Gasteiger partial charge < -0.3 is 0 Å². The molecule has 7 heteroatoms. The maximum atomic E-state index is 4.91. The molecule has 5 heterocycles. The summed E-state index contributed by atoms with van der Waals surface area (Å²) in [7, 11) is 0. The first-order valence-electron chi connectivity index (χ1n) is 36.2. The van der Waals surface area contributed by atoms with Crippen molar-refractivity contribution in [1.82, 2.24) is 34.9 Å². The summed E-state index contributed by atoms with van der Waals surface area (Å²) in [5.74, 6) is 1.78. The fourth-order valence-electron chi connectivity index (χ4n) is 13.9. The van der Waals surface area contributed by atoms with Crippen LogP contribution in [0.1, 0.15) is 0 Å². The van der Waals surface area contributed by atoms with E-state index in [1.54, 1.807) is 24.8 Å². The minimum Gasteiger partial charge on any atom is -0.265 e. The maximum Gasteiger partial charge on any atom is 0.164 e. The zero-order valence-electron chi connectivity index (χ0n) is 59.0. The minimum atomic E-state index is 0.591. The van der Waals surface area contributed by atoms with Gasteiger partial charge in [0.1, 0.15) is 0 Å². The Morgan fingerprint density at radius 2 is 0.380 bits per heavy atom. The molecule has 0 fully saturated rings. The van der Waals surface area contributed by atoms with Gasteiger partial charge in [0.25, 0.3) is 0 Å². The Kier molecular flexibility index (Phi) is 19.3. The molecule has 108 heavy (non-hydrogen) atoms. The summed E-state index contributed by atoms with van der Waals surface area (Å²) in [5, 5.41) is 0. The molecule has 0 aliphatic heterocycles. The average Bonchev–Trinajstić information content (AvgIpc) is 0.802. The first-order valence-corrected chi connectivity index (χ1v) is 36.2. The maximum absolute atomic E-state index is 4.91. The lowest BCUT2D eigenvalue weighted by molar-refractivity contribution is 1.07. The smallest absolute Gasteiger partial charge is 0.164 e. The van der Waals surface area contributed by atoms with Crippen LogP contribution in [-0.4, -0.2) is 34.9 Å². The molecule has 18 rings (SSSR count). The van der Waals surface area contributed by atoms with Crippen LogP contribution < -0.4 is 0 Å². The highest BCUT2D eigenvalue weighted by atomic mass is 15.0. The van der Waals surface area contributed by atoms with Gasteiger partial charge in [0.15, 0.2) is 17.5 Å². The van der Waals surface area contributed by atoms with E-state index in [-0.39, 0.29) is 0 Å². The Bertz CT molecular complexity index is 5500. The van der Waals surface area contributed by atoms with Gasteiger partial charge in [-0.25, -0.2) is 15.0 Å². The van der Waals surface area contributed by atoms with Gasteiger partial charge in [-0.15, -0.1) is 0 Å². The molecule has 0 atom stereocenters. The van der Waals surface area contributed by atoms with E-state index < -0.39 is 0 Å². The highest BCUT2D eigenvalue weighted by Crippen LogP contribution is 2.40. The molecule has 0 radical (unpaired) electrons. The summed E-state index contributed by atoms with van der Waals surface area (Å²) in [5.41, 5.74) is 32.7. The van der Waals surface area contributed by atoms with E-state index in [1.165, 1.54) is 89.0 Å². The van der Waals surface area contributed by atoms with Crippen molar-refractivity contribution < 1.29 is 0 Å². The second-order valence-electron chi connectivity index (χ2n) is 26.6. The predicted molar refractivity (Wildman–Crippen MR) is 444 cm³/mol. The number of benzene rings is 13. The highest BCUT2D eigenvalue weighted by molar-refractivity contribution is 5.87. The molecule has 0 N–H and O–H groups in total. The third kappa shape index (κ3) is 15.3. The van der Waals surface area contributed by atoms with Crippen LogP contribution in [0.5, 0.6) is 0 Å². The van der Waals surface area contributed by atoms with E-state index in [4.69, 9.17) is 15.0 Å². The third-order valence-corrected chi connectivity index (χ3v) is 19.5. The van der Waals surface area contributed by atoms with Crippen molar-refractivity contribution >= 4 is 0 Å². The molecule has 0 saturated heterocycles. The summed E-state index contributed by atoms with van der Waals surface area (Å²) >= 11 is 0. The molecule has 0 bridgehead atoms. The molecule has 5 aromatic heterocycles. The van der Waals surface area contributed by atoms with Gasteiger partial charge in [-0.2, -0.15) is 0 Å². The molecular formula is C101H69N7. The van der Waals surface area contributed by atoms with E-state index in [0.29, 0.717) is 17.5 Å². The molecule has 0 aliphatic rings. The summed E-state index contributed by atoms with van der Waals surface area (Å²) < 4.78 is 0. The van der Waals surface area contributed by atoms with Crippen LogP contribution in [0.2, 0.25) is 0 Å². The second kappa shape index (κ2) is 31.2. The molecular weight excluding hydrogens is 1310 g/mol. The normalized spacial score (nSPS) is 11.0. The van der Waals surface area contributed by atoms with Crippen molar-refractivity contribution in [1.29, 1.82) is 0 Å². The fourth-order valence-corrected chi connectivity index (χ4v) is 13.9. The summed E-state index contributed by atoms with van der Waals surface area (Å²) in [6.07, 6.45) is 12.6. The van der Waals surface area contributed by atoms with E-state index in [0.717, 1.165) is 72.5 Å². The van der Waals surface area contributed by atoms with Gasteiger partial charge in [-0.05, 0) is 249 Å². The van der Waals surface area contributed by atoms with Gasteiger partial charge in [0.2, 0.25) is 0 Å². The number of hydrogen-bond donors (Lipinski definition) is 0. The number of rotatable bonds is 16. The third-order valence-electron chi connectivity index (χ3n) is 19.5. The molecule has 13 aromatic carbocycles. The topological polar surface area (TPSA) is 90.2 Å². The molecule has 0 saturated carbocycles. The Morgan fingerprint density at radius 1 is 0.130 bits per heavy atom. The number of hydrogen-bond acceptors (Lipinski definition) is 7. The number of aromatic nitrogens is 7. The molecule has 508 valence electrons. The summed E-state index contributed by atoms with van der Waals surface area (Å²) in [4.78, 5) is 32.0. The largest absolute Gasteiger partial charge is 0.265 e. The quantitative estimate of drug-likeness (QED) is 0.0952. The van der Waals surface area contributed by atoms with E-state index in [9.17, 15) is 0 Å². The van der Waals surface area contributed by atoms with Crippen molar-refractivity contribution in [2.24, 2.45) is 0 Å². The van der Waals surface area contributed by atoms with Crippen LogP contribution in [0.25, 0.3) is 179 Å². The van der Waals surface area contributed by atoms with Gasteiger partial charge >= 0.3 is 0 Å². The molecule has 0 unspecified atom stereocenters. The molecule has 0 aliphatic carbocycles. The van der Waals surface area contributed by atoms with E-state index >= 15 is 0 Å². The van der Waals surface area contributed by atoms with Crippen molar-refractivity contribution in [2.45, 2.75) is 0 Å². The monoisotopic (exact) mass is 1380 g/mol. The SMILES string of the molecule is c1ccc(-c2cc(-c3ccccc3)cc(-c3ccc(-c4cccc(-c5cccc(-c6cc(-c7cccnc7)cc(-c7ccccn7)c6)c5)c4)cc3)c2)cc1.c1ccc(-c2cc(-c3ccccc3)cc(-c3ccc(-c4cccc(-c5cccc(-c6nc(-c7ccncc7)nc(-c7ccncc7)n6)c5)c4)cc3)c2)cc1. The highest BCUT2D eigenvalue weighted by Gasteiger charge is 2.17. The van der Waals surface area contributed by atoms with Crippen LogP contribution in [-0.2, 0) is 0 Å². The van der Waals surface area contributed by atoms with Crippen LogP contribution in [0.4, 0.5) is 0 Å². The molecule has 7 nitrogen and oxygen atoms in total. The Morgan fingerprint density at radius 3 is 0.722 bits per heavy atom. The molecule has 0 amide bonds. The Hall–Kier alpha value is -14.5. The van der Waals surface area contributed by atoms with Crippen LogP contribution in [0.3, 0.4) is 0 Å². The van der Waals surface area contributed by atoms with Gasteiger partial charge in [-0.1, -0.05) is 255 Å². The van der Waals surface area contributed by atoms with Crippen molar-refractivity contribution in [3.05, 3.63) is 419 Å². The average molecular weight is 1380 g/mol. The van der Waals surface area contributed by atoms with Crippen LogP contribution >= 0.6 is 0 Å². The Labute approximate surface area is 629 Å². The molecule has 0 spiro atoms. The zero-order valence-corrected chi connectivity index (χ0v) is 59.0. The van der Waals surface area contributed by atoms with Gasteiger partial charge in [0.05, 0.1) is 5.69 Å².